The Morgan fingerprint density at radius 2 is 2.60 bits per heavy atom. The van der Waals surface area contributed by atoms with Crippen molar-refractivity contribution >= 4 is 5.84 Å². The van der Waals surface area contributed by atoms with Gasteiger partial charge in [0.25, 0.3) is 0 Å². The summed E-state index contributed by atoms with van der Waals surface area (Å²) in [5.74, 6) is 0.451. The highest BCUT2D eigenvalue weighted by molar-refractivity contribution is 5.82. The number of rotatable bonds is 1. The van der Waals surface area contributed by atoms with Gasteiger partial charge in [0.2, 0.25) is 0 Å². The molecule has 1 atom stereocenters. The molecule has 0 aromatic rings. The quantitative estimate of drug-likeness (QED) is 0.206. The maximum Gasteiger partial charge on any atom is 0.144 e. The summed E-state index contributed by atoms with van der Waals surface area (Å²) in [4.78, 5) is 0. The highest BCUT2D eigenvalue weighted by Crippen LogP contribution is 2.06. The molecule has 1 rings (SSSR count). The van der Waals surface area contributed by atoms with Crippen molar-refractivity contribution in [2.24, 2.45) is 16.8 Å². The van der Waals surface area contributed by atoms with Crippen LogP contribution in [0.1, 0.15) is 6.42 Å². The summed E-state index contributed by atoms with van der Waals surface area (Å²) in [5.41, 5.74) is 5.37. The van der Waals surface area contributed by atoms with E-state index in [1.54, 1.807) is 0 Å². The minimum absolute atomic E-state index is 0.148. The highest BCUT2D eigenvalue weighted by atomic mass is 16.4. The van der Waals surface area contributed by atoms with Crippen molar-refractivity contribution in [1.29, 1.82) is 0 Å². The van der Waals surface area contributed by atoms with E-state index >= 15 is 0 Å². The number of allylic oxidation sites excluding steroid dienone is 1. The lowest BCUT2D eigenvalue weighted by Crippen LogP contribution is -2.33. The Hall–Kier alpha value is -1.19. The zero-order chi connectivity index (χ0) is 7.40. The number of nitrogens with one attached hydrogen (secondary N) is 1. The van der Waals surface area contributed by atoms with Gasteiger partial charge < -0.3 is 16.3 Å². The lowest BCUT2D eigenvalue weighted by Gasteiger charge is -2.16. The molecule has 1 heterocycles. The van der Waals surface area contributed by atoms with Crippen LogP contribution in [-0.4, -0.2) is 17.6 Å². The Balaban J connectivity index is 2.49. The lowest BCUT2D eigenvalue weighted by molar-refractivity contribution is 0.313. The molecule has 0 radical (unpaired) electrons. The van der Waals surface area contributed by atoms with E-state index in [9.17, 15) is 0 Å². The summed E-state index contributed by atoms with van der Waals surface area (Å²) in [6.45, 7) is 0.756. The van der Waals surface area contributed by atoms with Gasteiger partial charge in [-0.25, -0.2) is 0 Å². The molecule has 56 valence electrons. The largest absolute Gasteiger partial charge is 0.409 e. The van der Waals surface area contributed by atoms with Crippen LogP contribution >= 0.6 is 0 Å². The van der Waals surface area contributed by atoms with Gasteiger partial charge in [0, 0.05) is 12.5 Å². The van der Waals surface area contributed by atoms with Crippen LogP contribution in [0.2, 0.25) is 0 Å². The van der Waals surface area contributed by atoms with Crippen molar-refractivity contribution in [3.63, 3.8) is 0 Å². The molecule has 1 aliphatic heterocycles. The highest BCUT2D eigenvalue weighted by Gasteiger charge is 2.13. The van der Waals surface area contributed by atoms with Crippen molar-refractivity contribution in [2.45, 2.75) is 6.42 Å². The maximum absolute atomic E-state index is 8.30. The third-order valence-corrected chi connectivity index (χ3v) is 1.55. The summed E-state index contributed by atoms with van der Waals surface area (Å²) < 4.78 is 0. The average molecular weight is 141 g/mol. The number of amidine groups is 1. The van der Waals surface area contributed by atoms with Crippen LogP contribution in [-0.2, 0) is 0 Å². The predicted molar refractivity (Wildman–Crippen MR) is 38.7 cm³/mol. The third-order valence-electron chi connectivity index (χ3n) is 1.55. The van der Waals surface area contributed by atoms with Crippen LogP contribution in [0.4, 0.5) is 0 Å². The Morgan fingerprint density at radius 1 is 1.80 bits per heavy atom. The first kappa shape index (κ1) is 6.92. The second-order valence-corrected chi connectivity index (χ2v) is 2.27. The topological polar surface area (TPSA) is 70.6 Å². The third kappa shape index (κ3) is 1.40. The minimum atomic E-state index is 0.148. The number of hydrogen-bond acceptors (Lipinski definition) is 3. The molecular formula is C6H11N3O. The van der Waals surface area contributed by atoms with Crippen LogP contribution in [0.3, 0.4) is 0 Å². The normalized spacial score (nSPS) is 26.0. The molecule has 4 N–H and O–H groups in total. The molecule has 0 aliphatic carbocycles. The minimum Gasteiger partial charge on any atom is -0.409 e. The molecule has 10 heavy (non-hydrogen) atoms. The van der Waals surface area contributed by atoms with Gasteiger partial charge in [-0.3, -0.25) is 0 Å². The van der Waals surface area contributed by atoms with Gasteiger partial charge in [-0.1, -0.05) is 11.2 Å². The average Bonchev–Trinajstić information content (AvgIpc) is 2.05. The monoisotopic (exact) mass is 141 g/mol. The van der Waals surface area contributed by atoms with E-state index in [2.05, 4.69) is 10.5 Å². The van der Waals surface area contributed by atoms with Gasteiger partial charge in [0.15, 0.2) is 0 Å². The molecule has 4 nitrogen and oxygen atoms in total. The van der Waals surface area contributed by atoms with Crippen LogP contribution in [0, 0.1) is 5.92 Å². The smallest absolute Gasteiger partial charge is 0.144 e. The maximum atomic E-state index is 8.30. The van der Waals surface area contributed by atoms with E-state index in [0.717, 1.165) is 13.0 Å². The fourth-order valence-corrected chi connectivity index (χ4v) is 0.916. The molecule has 0 fully saturated rings. The van der Waals surface area contributed by atoms with Crippen LogP contribution in [0.5, 0.6) is 0 Å². The summed E-state index contributed by atoms with van der Waals surface area (Å²) in [6.07, 6.45) is 4.69. The van der Waals surface area contributed by atoms with E-state index in [-0.39, 0.29) is 5.92 Å². The number of hydrogen-bond donors (Lipinski definition) is 3. The van der Waals surface area contributed by atoms with Gasteiger partial charge in [-0.15, -0.1) is 0 Å². The zero-order valence-electron chi connectivity index (χ0n) is 5.62. The van der Waals surface area contributed by atoms with E-state index in [1.165, 1.54) is 0 Å². The fraction of sp³-hybridized carbons (Fsp3) is 0.500. The number of oxime groups is 1. The van der Waals surface area contributed by atoms with E-state index in [0.29, 0.717) is 5.84 Å². The first-order valence-corrected chi connectivity index (χ1v) is 3.20. The Morgan fingerprint density at radius 3 is 3.10 bits per heavy atom. The summed E-state index contributed by atoms with van der Waals surface area (Å²) in [5, 5.41) is 14.2. The second-order valence-electron chi connectivity index (χ2n) is 2.27. The van der Waals surface area contributed by atoms with E-state index in [1.807, 2.05) is 12.3 Å². The molecule has 0 spiro atoms. The number of nitrogens with zero attached hydrogens (tertiary/aromatic N) is 1. The summed E-state index contributed by atoms with van der Waals surface area (Å²) in [6, 6.07) is 0. The molecule has 0 amide bonds. The Kier molecular flexibility index (Phi) is 2.15. The van der Waals surface area contributed by atoms with Gasteiger partial charge in [0.05, 0.1) is 0 Å². The summed E-state index contributed by atoms with van der Waals surface area (Å²) >= 11 is 0. The zero-order valence-corrected chi connectivity index (χ0v) is 5.62. The molecule has 0 aromatic heterocycles. The number of nitrogens with two attached hydrogens (primary N) is 1. The summed E-state index contributed by atoms with van der Waals surface area (Å²) in [7, 11) is 0. The molecule has 0 bridgehead atoms. The molecule has 0 saturated carbocycles. The van der Waals surface area contributed by atoms with Gasteiger partial charge in [-0.05, 0) is 12.6 Å². The van der Waals surface area contributed by atoms with Crippen molar-refractivity contribution in [3.8, 4) is 0 Å². The Labute approximate surface area is 59.4 Å². The fourth-order valence-electron chi connectivity index (χ4n) is 0.916. The standard InChI is InChI=1S/C6H11N3O/c7-6(9-10)5-2-1-3-8-4-5/h1,3,5,8,10H,2,4H2,(H2,7,9). The molecule has 1 unspecified atom stereocenters. The van der Waals surface area contributed by atoms with E-state index < -0.39 is 0 Å². The lowest BCUT2D eigenvalue weighted by atomic mass is 10.0. The van der Waals surface area contributed by atoms with Crippen molar-refractivity contribution in [2.75, 3.05) is 6.54 Å². The van der Waals surface area contributed by atoms with E-state index in [4.69, 9.17) is 10.9 Å². The van der Waals surface area contributed by atoms with Crippen molar-refractivity contribution in [1.82, 2.24) is 5.32 Å². The van der Waals surface area contributed by atoms with Crippen LogP contribution in [0.25, 0.3) is 0 Å². The molecule has 4 heteroatoms. The first-order valence-electron chi connectivity index (χ1n) is 3.20. The van der Waals surface area contributed by atoms with Gasteiger partial charge in [0.1, 0.15) is 5.84 Å². The van der Waals surface area contributed by atoms with Crippen LogP contribution < -0.4 is 11.1 Å². The van der Waals surface area contributed by atoms with Gasteiger partial charge >= 0.3 is 0 Å². The molecule has 1 aliphatic rings. The molecule has 0 saturated heterocycles. The van der Waals surface area contributed by atoms with Crippen LogP contribution in [0.15, 0.2) is 17.4 Å². The first-order chi connectivity index (χ1) is 4.84. The predicted octanol–water partition coefficient (Wildman–Crippen LogP) is -0.144. The van der Waals surface area contributed by atoms with Crippen molar-refractivity contribution in [3.05, 3.63) is 12.3 Å². The molecule has 0 aromatic carbocycles. The van der Waals surface area contributed by atoms with Gasteiger partial charge in [-0.2, -0.15) is 0 Å². The van der Waals surface area contributed by atoms with Crippen molar-refractivity contribution < 1.29 is 5.21 Å². The second kappa shape index (κ2) is 3.10. The Bertz CT molecular complexity index is 164. The molecular weight excluding hydrogens is 130 g/mol. The SMILES string of the molecule is NC(=NO)C1CC=CNC1.